The number of nitrogens with one attached hydrogen (secondary N) is 3. The van der Waals surface area contributed by atoms with Crippen LogP contribution < -0.4 is 16.0 Å². The highest BCUT2D eigenvalue weighted by Crippen LogP contribution is 2.32. The SMILES string of the molecule is O=C(O)C1CNCCN1C(=O)c1ccc(NC2=NCC3=C(N2)c2ccc(Cl)cc2C(c2c(F)cccc2F)=NC3)cc1. The van der Waals surface area contributed by atoms with E-state index in [1.165, 1.54) is 23.1 Å². The van der Waals surface area contributed by atoms with Crippen molar-refractivity contribution in [1.82, 2.24) is 15.5 Å². The molecule has 214 valence electrons. The smallest absolute Gasteiger partial charge is 0.327 e. The van der Waals surface area contributed by atoms with Crippen LogP contribution in [-0.2, 0) is 4.79 Å². The predicted octanol–water partition coefficient (Wildman–Crippen LogP) is 3.75. The lowest BCUT2D eigenvalue weighted by atomic mass is 9.94. The third-order valence-electron chi connectivity index (χ3n) is 7.34. The molecule has 1 saturated heterocycles. The molecule has 3 aromatic carbocycles. The van der Waals surface area contributed by atoms with E-state index in [0.29, 0.717) is 58.7 Å². The molecule has 3 aromatic rings. The van der Waals surface area contributed by atoms with Gasteiger partial charge in [0.1, 0.15) is 17.7 Å². The van der Waals surface area contributed by atoms with E-state index in [2.05, 4.69) is 25.9 Å². The van der Waals surface area contributed by atoms with Gasteiger partial charge < -0.3 is 26.0 Å². The fourth-order valence-corrected chi connectivity index (χ4v) is 5.42. The molecule has 12 heteroatoms. The minimum atomic E-state index is -1.05. The molecule has 9 nitrogen and oxygen atoms in total. The summed E-state index contributed by atoms with van der Waals surface area (Å²) in [7, 11) is 0. The van der Waals surface area contributed by atoms with E-state index < -0.39 is 23.6 Å². The molecule has 1 fully saturated rings. The summed E-state index contributed by atoms with van der Waals surface area (Å²) in [6.07, 6.45) is 0. The van der Waals surface area contributed by atoms with Gasteiger partial charge in [0.2, 0.25) is 5.96 Å². The fraction of sp³-hybridized carbons (Fsp3) is 0.200. The first-order valence-electron chi connectivity index (χ1n) is 13.2. The van der Waals surface area contributed by atoms with E-state index in [9.17, 15) is 23.5 Å². The summed E-state index contributed by atoms with van der Waals surface area (Å²) >= 11 is 6.31. The van der Waals surface area contributed by atoms with Crippen LogP contribution in [0.4, 0.5) is 14.5 Å². The molecule has 0 aromatic heterocycles. The normalized spacial score (nSPS) is 18.2. The maximum absolute atomic E-state index is 14.8. The lowest BCUT2D eigenvalue weighted by Crippen LogP contribution is -2.56. The number of carboxylic acids is 1. The molecule has 4 N–H and O–H groups in total. The van der Waals surface area contributed by atoms with Crippen LogP contribution in [0.15, 0.2) is 76.2 Å². The Bertz CT molecular complexity index is 1670. The Morgan fingerprint density at radius 1 is 1.00 bits per heavy atom. The minimum absolute atomic E-state index is 0.170. The molecule has 3 aliphatic rings. The molecule has 0 saturated carbocycles. The first-order valence-corrected chi connectivity index (χ1v) is 13.6. The zero-order valence-corrected chi connectivity index (χ0v) is 22.9. The van der Waals surface area contributed by atoms with E-state index in [1.54, 1.807) is 42.5 Å². The number of benzene rings is 3. The summed E-state index contributed by atoms with van der Waals surface area (Å²) in [4.78, 5) is 35.1. The zero-order chi connectivity index (χ0) is 29.4. The standard InChI is InChI=1S/C30H25ClF2N6O3/c31-18-6-9-20-21(12-18)27(25-22(32)2-1-3-23(25)33)35-13-17-14-36-30(38-26(17)20)37-19-7-4-16(5-8-19)28(40)39-11-10-34-15-24(39)29(41)42/h1-9,12,24,34H,10-11,13-15H2,(H,41,42)(H2,36,37,38). The predicted molar refractivity (Wildman–Crippen MR) is 156 cm³/mol. The first-order chi connectivity index (χ1) is 20.3. The van der Waals surface area contributed by atoms with E-state index in [-0.39, 0.29) is 30.3 Å². The number of aliphatic imine (C=N–C) groups is 2. The zero-order valence-electron chi connectivity index (χ0n) is 22.1. The Morgan fingerprint density at radius 3 is 2.48 bits per heavy atom. The summed E-state index contributed by atoms with van der Waals surface area (Å²) in [6, 6.07) is 14.6. The van der Waals surface area contributed by atoms with Crippen LogP contribution in [0.2, 0.25) is 5.02 Å². The molecule has 0 spiro atoms. The lowest BCUT2D eigenvalue weighted by Gasteiger charge is -2.33. The van der Waals surface area contributed by atoms with E-state index >= 15 is 0 Å². The maximum atomic E-state index is 14.8. The number of aliphatic carboxylic acids is 1. The second kappa shape index (κ2) is 11.3. The number of amides is 1. The van der Waals surface area contributed by atoms with Gasteiger partial charge in [-0.1, -0.05) is 23.7 Å². The van der Waals surface area contributed by atoms with Gasteiger partial charge >= 0.3 is 5.97 Å². The molecule has 0 aliphatic carbocycles. The molecule has 1 amide bonds. The molecule has 42 heavy (non-hydrogen) atoms. The van der Waals surface area contributed by atoms with Crippen molar-refractivity contribution in [1.29, 1.82) is 0 Å². The number of rotatable bonds is 4. The van der Waals surface area contributed by atoms with Gasteiger partial charge in [0, 0.05) is 47.0 Å². The van der Waals surface area contributed by atoms with Gasteiger partial charge in [0.15, 0.2) is 0 Å². The fourth-order valence-electron chi connectivity index (χ4n) is 5.25. The number of guanidine groups is 1. The Kier molecular flexibility index (Phi) is 7.44. The van der Waals surface area contributed by atoms with Crippen molar-refractivity contribution < 1.29 is 23.5 Å². The van der Waals surface area contributed by atoms with Crippen molar-refractivity contribution in [2.75, 3.05) is 38.0 Å². The summed E-state index contributed by atoms with van der Waals surface area (Å²) in [5.41, 5.74) is 3.67. The second-order valence-electron chi connectivity index (χ2n) is 9.98. The number of piperazine rings is 1. The molecule has 3 aliphatic heterocycles. The summed E-state index contributed by atoms with van der Waals surface area (Å²) in [5, 5.41) is 19.4. The number of halogens is 3. The number of anilines is 1. The Labute approximate surface area is 244 Å². The highest BCUT2D eigenvalue weighted by atomic mass is 35.5. The van der Waals surface area contributed by atoms with Crippen LogP contribution in [0.1, 0.15) is 27.0 Å². The van der Waals surface area contributed by atoms with E-state index in [4.69, 9.17) is 11.6 Å². The van der Waals surface area contributed by atoms with Crippen LogP contribution in [0.25, 0.3) is 5.70 Å². The maximum Gasteiger partial charge on any atom is 0.327 e. The van der Waals surface area contributed by atoms with Crippen molar-refractivity contribution in [3.8, 4) is 0 Å². The molecule has 0 bridgehead atoms. The van der Waals surface area contributed by atoms with Crippen molar-refractivity contribution in [3.63, 3.8) is 0 Å². The molecule has 0 radical (unpaired) electrons. The monoisotopic (exact) mass is 590 g/mol. The Hall–Kier alpha value is -4.61. The first kappa shape index (κ1) is 27.6. The average molecular weight is 591 g/mol. The minimum Gasteiger partial charge on any atom is -0.480 e. The highest BCUT2D eigenvalue weighted by molar-refractivity contribution is 6.31. The number of carbonyl (C=O) groups is 2. The topological polar surface area (TPSA) is 118 Å². The van der Waals surface area contributed by atoms with E-state index in [0.717, 1.165) is 5.57 Å². The summed E-state index contributed by atoms with van der Waals surface area (Å²) in [5.74, 6) is -2.41. The average Bonchev–Trinajstić information content (AvgIpc) is 3.13. The molecule has 3 heterocycles. The van der Waals surface area contributed by atoms with Crippen molar-refractivity contribution in [2.24, 2.45) is 9.98 Å². The van der Waals surface area contributed by atoms with Crippen molar-refractivity contribution in [3.05, 3.63) is 105 Å². The van der Waals surface area contributed by atoms with Crippen LogP contribution in [0.3, 0.4) is 0 Å². The lowest BCUT2D eigenvalue weighted by molar-refractivity contribution is -0.142. The Morgan fingerprint density at radius 2 is 1.74 bits per heavy atom. The number of hydrogen-bond acceptors (Lipinski definition) is 7. The number of nitrogens with zero attached hydrogens (tertiary/aromatic N) is 3. The molecule has 6 rings (SSSR count). The van der Waals surface area contributed by atoms with Crippen LogP contribution in [0, 0.1) is 11.6 Å². The molecule has 1 atom stereocenters. The third kappa shape index (κ3) is 5.24. The van der Waals surface area contributed by atoms with Gasteiger partial charge in [-0.2, -0.15) is 0 Å². The number of carbonyl (C=O) groups excluding carboxylic acids is 1. The summed E-state index contributed by atoms with van der Waals surface area (Å²) < 4.78 is 29.6. The highest BCUT2D eigenvalue weighted by Gasteiger charge is 2.32. The van der Waals surface area contributed by atoms with Gasteiger partial charge in [-0.05, 0) is 54.1 Å². The molecule has 1 unspecified atom stereocenters. The quantitative estimate of drug-likeness (QED) is 0.368. The third-order valence-corrected chi connectivity index (χ3v) is 7.58. The van der Waals surface area contributed by atoms with Gasteiger partial charge in [0.05, 0.1) is 30.1 Å². The van der Waals surface area contributed by atoms with Crippen molar-refractivity contribution >= 4 is 46.5 Å². The number of carboxylic acid groups (broad SMARTS) is 1. The Balaban J connectivity index is 1.22. The number of fused-ring (bicyclic) bond motifs is 2. The van der Waals surface area contributed by atoms with Gasteiger partial charge in [-0.15, -0.1) is 0 Å². The van der Waals surface area contributed by atoms with Gasteiger partial charge in [-0.3, -0.25) is 9.79 Å². The molecular formula is C30H25ClF2N6O3. The summed E-state index contributed by atoms with van der Waals surface area (Å²) in [6.45, 7) is 1.49. The van der Waals surface area contributed by atoms with Crippen LogP contribution in [-0.4, -0.2) is 72.3 Å². The van der Waals surface area contributed by atoms with Gasteiger partial charge in [-0.25, -0.2) is 18.6 Å². The van der Waals surface area contributed by atoms with Crippen LogP contribution in [0.5, 0.6) is 0 Å². The largest absolute Gasteiger partial charge is 0.480 e. The second-order valence-corrected chi connectivity index (χ2v) is 10.4. The number of hydrogen-bond donors (Lipinski definition) is 4. The van der Waals surface area contributed by atoms with E-state index in [1.807, 2.05) is 0 Å². The van der Waals surface area contributed by atoms with Crippen LogP contribution >= 0.6 is 11.6 Å². The van der Waals surface area contributed by atoms with Gasteiger partial charge in [0.25, 0.3) is 5.91 Å². The molecular weight excluding hydrogens is 566 g/mol. The van der Waals surface area contributed by atoms with Crippen molar-refractivity contribution in [2.45, 2.75) is 6.04 Å².